The van der Waals surface area contributed by atoms with Crippen molar-refractivity contribution in [2.45, 2.75) is 19.6 Å². The average Bonchev–Trinajstić information content (AvgIpc) is 3.40. The van der Waals surface area contributed by atoms with E-state index < -0.39 is 6.10 Å². The van der Waals surface area contributed by atoms with Gasteiger partial charge in [-0.15, -0.1) is 11.3 Å². The van der Waals surface area contributed by atoms with E-state index in [2.05, 4.69) is 15.3 Å². The number of carbonyl (C=O) groups excluding carboxylic acids is 1. The molecule has 3 heterocycles. The number of aliphatic hydroxyl groups is 1. The predicted octanol–water partition coefficient (Wildman–Crippen LogP) is 4.01. The number of furan rings is 1. The molecule has 1 unspecified atom stereocenters. The van der Waals surface area contributed by atoms with Gasteiger partial charge in [0, 0.05) is 7.05 Å². The van der Waals surface area contributed by atoms with E-state index in [1.807, 2.05) is 49.4 Å². The highest BCUT2D eigenvalue weighted by atomic mass is 32.1. The Kier molecular flexibility index (Phi) is 5.78. The molecule has 3 aromatic heterocycles. The van der Waals surface area contributed by atoms with Crippen LogP contribution in [0.4, 0.5) is 5.82 Å². The second-order valence-electron chi connectivity index (χ2n) is 7.00. The lowest BCUT2D eigenvalue weighted by Gasteiger charge is -2.21. The second kappa shape index (κ2) is 8.64. The molecule has 0 aliphatic heterocycles. The van der Waals surface area contributed by atoms with Crippen molar-refractivity contribution in [2.75, 3.05) is 18.9 Å². The molecular weight excluding hydrogens is 400 g/mol. The first-order valence-corrected chi connectivity index (χ1v) is 10.3. The van der Waals surface area contributed by atoms with Crippen LogP contribution < -0.4 is 5.32 Å². The zero-order valence-corrected chi connectivity index (χ0v) is 17.5. The first-order valence-electron chi connectivity index (χ1n) is 9.53. The van der Waals surface area contributed by atoms with E-state index in [0.29, 0.717) is 17.2 Å². The summed E-state index contributed by atoms with van der Waals surface area (Å²) < 4.78 is 5.36. The molecule has 0 bridgehead atoms. The minimum atomic E-state index is -0.750. The summed E-state index contributed by atoms with van der Waals surface area (Å²) in [5.41, 5.74) is 1.60. The van der Waals surface area contributed by atoms with Crippen molar-refractivity contribution >= 4 is 33.3 Å². The maximum atomic E-state index is 13.1. The van der Waals surface area contributed by atoms with Gasteiger partial charge in [-0.2, -0.15) is 0 Å². The van der Waals surface area contributed by atoms with Gasteiger partial charge in [0.05, 0.1) is 35.7 Å². The highest BCUT2D eigenvalue weighted by Gasteiger charge is 2.23. The molecule has 7 nitrogen and oxygen atoms in total. The Bertz CT molecular complexity index is 1140. The van der Waals surface area contributed by atoms with Gasteiger partial charge in [0.15, 0.2) is 0 Å². The summed E-state index contributed by atoms with van der Waals surface area (Å²) in [6.07, 6.45) is 2.36. The fraction of sp³-hybridized carbons (Fsp3) is 0.227. The summed E-state index contributed by atoms with van der Waals surface area (Å²) in [5, 5.41) is 14.6. The van der Waals surface area contributed by atoms with E-state index in [1.54, 1.807) is 18.2 Å². The number of thiophene rings is 1. The van der Waals surface area contributed by atoms with Crippen molar-refractivity contribution < 1.29 is 14.3 Å². The van der Waals surface area contributed by atoms with Crippen LogP contribution in [0.3, 0.4) is 0 Å². The number of amides is 1. The molecule has 0 saturated carbocycles. The number of aliphatic hydroxyl groups excluding tert-OH is 1. The monoisotopic (exact) mass is 422 g/mol. The molecular formula is C22H22N4O3S. The summed E-state index contributed by atoms with van der Waals surface area (Å²) in [4.78, 5) is 24.7. The Morgan fingerprint density at radius 1 is 1.23 bits per heavy atom. The van der Waals surface area contributed by atoms with Crippen molar-refractivity contribution in [3.8, 4) is 0 Å². The molecule has 1 atom stereocenters. The standard InChI is InChI=1S/C22H22N4O3S/c1-14-18-20(23-11-16-9-6-10-29-16)24-13-25-21(18)30-19(14)22(28)26(2)12-17(27)15-7-4-3-5-8-15/h3-10,13,17,27H,11-12H2,1-2H3,(H,23,24,25). The molecule has 0 aliphatic carbocycles. The van der Waals surface area contributed by atoms with E-state index in [-0.39, 0.29) is 12.5 Å². The number of aryl methyl sites for hydroxylation is 1. The molecule has 4 aromatic rings. The van der Waals surface area contributed by atoms with Crippen molar-refractivity contribution in [3.63, 3.8) is 0 Å². The minimum Gasteiger partial charge on any atom is -0.467 e. The zero-order valence-electron chi connectivity index (χ0n) is 16.7. The summed E-state index contributed by atoms with van der Waals surface area (Å²) in [6, 6.07) is 13.0. The van der Waals surface area contributed by atoms with Crippen LogP contribution in [-0.2, 0) is 6.54 Å². The maximum Gasteiger partial charge on any atom is 0.264 e. The number of nitrogens with zero attached hydrogens (tertiary/aromatic N) is 3. The van der Waals surface area contributed by atoms with E-state index >= 15 is 0 Å². The Hall–Kier alpha value is -3.23. The summed E-state index contributed by atoms with van der Waals surface area (Å²) in [5.74, 6) is 1.30. The number of aromatic nitrogens is 2. The lowest BCUT2D eigenvalue weighted by molar-refractivity contribution is 0.0685. The van der Waals surface area contributed by atoms with Crippen molar-refractivity contribution in [3.05, 3.63) is 76.8 Å². The number of hydrogen-bond donors (Lipinski definition) is 2. The van der Waals surface area contributed by atoms with Crippen LogP contribution in [0.15, 0.2) is 59.5 Å². The molecule has 0 aliphatic rings. The quantitative estimate of drug-likeness (QED) is 0.468. The zero-order chi connectivity index (χ0) is 21.1. The van der Waals surface area contributed by atoms with Gasteiger partial charge >= 0.3 is 0 Å². The van der Waals surface area contributed by atoms with Crippen molar-refractivity contribution in [1.29, 1.82) is 0 Å². The fourth-order valence-electron chi connectivity index (χ4n) is 3.29. The fourth-order valence-corrected chi connectivity index (χ4v) is 4.43. The van der Waals surface area contributed by atoms with Gasteiger partial charge in [0.1, 0.15) is 22.7 Å². The van der Waals surface area contributed by atoms with Crippen molar-refractivity contribution in [1.82, 2.24) is 14.9 Å². The third-order valence-corrected chi connectivity index (χ3v) is 6.10. The Balaban J connectivity index is 1.55. The highest BCUT2D eigenvalue weighted by molar-refractivity contribution is 7.20. The van der Waals surface area contributed by atoms with Gasteiger partial charge in [-0.25, -0.2) is 9.97 Å². The third kappa shape index (κ3) is 4.05. The van der Waals surface area contributed by atoms with Gasteiger partial charge in [-0.1, -0.05) is 30.3 Å². The van der Waals surface area contributed by atoms with E-state index in [9.17, 15) is 9.90 Å². The summed E-state index contributed by atoms with van der Waals surface area (Å²) in [6.45, 7) is 2.58. The number of anilines is 1. The van der Waals surface area contributed by atoms with E-state index in [0.717, 1.165) is 27.1 Å². The molecule has 0 fully saturated rings. The minimum absolute atomic E-state index is 0.150. The predicted molar refractivity (Wildman–Crippen MR) is 117 cm³/mol. The van der Waals surface area contributed by atoms with Crippen LogP contribution in [0, 0.1) is 6.92 Å². The van der Waals surface area contributed by atoms with Crippen LogP contribution >= 0.6 is 11.3 Å². The molecule has 8 heteroatoms. The molecule has 0 spiro atoms. The SMILES string of the molecule is Cc1c(C(=O)N(C)CC(O)c2ccccc2)sc2ncnc(NCc3ccco3)c12. The van der Waals surface area contributed by atoms with Crippen molar-refractivity contribution in [2.24, 2.45) is 0 Å². The average molecular weight is 423 g/mol. The number of carbonyl (C=O) groups is 1. The first-order chi connectivity index (χ1) is 14.5. The molecule has 4 rings (SSSR count). The van der Waals surface area contributed by atoms with Gasteiger partial charge in [0.2, 0.25) is 0 Å². The van der Waals surface area contributed by atoms with Crippen LogP contribution in [0.25, 0.3) is 10.2 Å². The van der Waals surface area contributed by atoms with Gasteiger partial charge < -0.3 is 19.7 Å². The Labute approximate surface area is 178 Å². The highest BCUT2D eigenvalue weighted by Crippen LogP contribution is 2.34. The molecule has 0 radical (unpaired) electrons. The first kappa shape index (κ1) is 20.1. The summed E-state index contributed by atoms with van der Waals surface area (Å²) >= 11 is 1.33. The molecule has 1 amide bonds. The lowest BCUT2D eigenvalue weighted by atomic mass is 10.1. The molecule has 2 N–H and O–H groups in total. The lowest BCUT2D eigenvalue weighted by Crippen LogP contribution is -2.31. The van der Waals surface area contributed by atoms with Crippen LogP contribution in [-0.4, -0.2) is 39.5 Å². The number of nitrogens with one attached hydrogen (secondary N) is 1. The molecule has 0 saturated heterocycles. The smallest absolute Gasteiger partial charge is 0.264 e. The number of benzene rings is 1. The summed E-state index contributed by atoms with van der Waals surface area (Å²) in [7, 11) is 1.69. The van der Waals surface area contributed by atoms with Crippen LogP contribution in [0.5, 0.6) is 0 Å². The molecule has 30 heavy (non-hydrogen) atoms. The number of rotatable bonds is 7. The third-order valence-electron chi connectivity index (χ3n) is 4.91. The Morgan fingerprint density at radius 2 is 2.03 bits per heavy atom. The van der Waals surface area contributed by atoms with Gasteiger partial charge in [-0.3, -0.25) is 4.79 Å². The molecule has 154 valence electrons. The second-order valence-corrected chi connectivity index (χ2v) is 8.00. The van der Waals surface area contributed by atoms with Crippen LogP contribution in [0.1, 0.15) is 32.7 Å². The number of hydrogen-bond acceptors (Lipinski definition) is 7. The molecule has 1 aromatic carbocycles. The largest absolute Gasteiger partial charge is 0.467 e. The maximum absolute atomic E-state index is 13.1. The van der Waals surface area contributed by atoms with E-state index in [4.69, 9.17) is 4.42 Å². The number of fused-ring (bicyclic) bond motifs is 1. The number of likely N-dealkylation sites (N-methyl/N-ethyl adjacent to an activating group) is 1. The van der Waals surface area contributed by atoms with Gasteiger partial charge in [0.25, 0.3) is 5.91 Å². The van der Waals surface area contributed by atoms with Crippen LogP contribution in [0.2, 0.25) is 0 Å². The topological polar surface area (TPSA) is 91.5 Å². The van der Waals surface area contributed by atoms with Gasteiger partial charge in [-0.05, 0) is 30.2 Å². The van der Waals surface area contributed by atoms with E-state index in [1.165, 1.54) is 17.7 Å². The normalized spacial score (nSPS) is 12.1. The Morgan fingerprint density at radius 3 is 2.77 bits per heavy atom.